The molecule has 0 bridgehead atoms. The van der Waals surface area contributed by atoms with Crippen molar-refractivity contribution in [2.45, 2.75) is 23.8 Å². The fourth-order valence-corrected chi connectivity index (χ4v) is 4.42. The summed E-state index contributed by atoms with van der Waals surface area (Å²) in [5.41, 5.74) is 1.57. The molecule has 0 amide bonds. The van der Waals surface area contributed by atoms with Gasteiger partial charge in [0.2, 0.25) is 5.28 Å². The molecule has 2 aromatic rings. The van der Waals surface area contributed by atoms with E-state index in [0.717, 1.165) is 0 Å². The van der Waals surface area contributed by atoms with E-state index in [1.165, 1.54) is 0 Å². The first-order valence-corrected chi connectivity index (χ1v) is 9.39. The molecule has 1 aromatic heterocycles. The second kappa shape index (κ2) is 6.64. The van der Waals surface area contributed by atoms with Crippen LogP contribution in [0.25, 0.3) is 0 Å². The van der Waals surface area contributed by atoms with Crippen molar-refractivity contribution in [3.05, 3.63) is 40.8 Å². The third kappa shape index (κ3) is 3.36. The van der Waals surface area contributed by atoms with Crippen LogP contribution in [-0.2, 0) is 16.3 Å². The van der Waals surface area contributed by atoms with E-state index in [1.54, 1.807) is 24.3 Å². The largest absolute Gasteiger partial charge is 0.393 e. The number of aliphatic hydroxyl groups excluding tert-OH is 2. The molecule has 3 rings (SSSR count). The van der Waals surface area contributed by atoms with Gasteiger partial charge in [0.15, 0.2) is 15.7 Å². The molecule has 1 aliphatic rings. The number of anilines is 2. The highest BCUT2D eigenvalue weighted by atomic mass is 35.5. The Labute approximate surface area is 144 Å². The van der Waals surface area contributed by atoms with Crippen molar-refractivity contribution in [3.8, 4) is 0 Å². The van der Waals surface area contributed by atoms with Gasteiger partial charge < -0.3 is 15.5 Å². The van der Waals surface area contributed by atoms with Crippen molar-refractivity contribution in [1.29, 1.82) is 0 Å². The number of nitrogens with one attached hydrogen (secondary N) is 1. The van der Waals surface area contributed by atoms with Crippen LogP contribution in [0.3, 0.4) is 0 Å². The number of aryl methyl sites for hydroxylation is 1. The fourth-order valence-electron chi connectivity index (χ4n) is 2.61. The molecule has 0 radical (unpaired) electrons. The second-order valence-corrected chi connectivity index (χ2v) is 7.87. The number of benzene rings is 1. The zero-order valence-electron chi connectivity index (χ0n) is 12.6. The molecule has 24 heavy (non-hydrogen) atoms. The first-order valence-electron chi connectivity index (χ1n) is 7.36. The summed E-state index contributed by atoms with van der Waals surface area (Å²) in [5.74, 6) is 0.210. The lowest BCUT2D eigenvalue weighted by Crippen LogP contribution is -2.20. The molecular formula is C15H16ClN3O4S. The summed E-state index contributed by atoms with van der Waals surface area (Å²) in [4.78, 5) is 8.16. The monoisotopic (exact) mass is 369 g/mol. The Bertz CT molecular complexity index is 856. The van der Waals surface area contributed by atoms with Gasteiger partial charge in [-0.1, -0.05) is 12.1 Å². The lowest BCUT2D eigenvalue weighted by atomic mass is 10.1. The first kappa shape index (κ1) is 17.1. The summed E-state index contributed by atoms with van der Waals surface area (Å²) in [5, 5.41) is 21.5. The van der Waals surface area contributed by atoms with Crippen LogP contribution in [0.1, 0.15) is 23.8 Å². The van der Waals surface area contributed by atoms with Crippen LogP contribution >= 0.6 is 11.6 Å². The van der Waals surface area contributed by atoms with E-state index >= 15 is 0 Å². The molecule has 128 valence electrons. The molecule has 3 N–H and O–H groups in total. The molecule has 2 heterocycles. The van der Waals surface area contributed by atoms with Crippen molar-refractivity contribution >= 4 is 32.9 Å². The highest BCUT2D eigenvalue weighted by Gasteiger charge is 2.30. The SMILES string of the molecule is O=S1(=O)CCCc2nc(Cl)nc(Nc3ccc(C(O)CO)cc3)c21. The summed E-state index contributed by atoms with van der Waals surface area (Å²) in [6.07, 6.45) is 0.0869. The topological polar surface area (TPSA) is 112 Å². The van der Waals surface area contributed by atoms with E-state index in [0.29, 0.717) is 29.8 Å². The Morgan fingerprint density at radius 3 is 2.62 bits per heavy atom. The maximum absolute atomic E-state index is 12.4. The molecule has 0 saturated carbocycles. The Morgan fingerprint density at radius 2 is 1.96 bits per heavy atom. The molecule has 1 aromatic carbocycles. The molecule has 0 spiro atoms. The average molecular weight is 370 g/mol. The van der Waals surface area contributed by atoms with Crippen LogP contribution in [0, 0.1) is 0 Å². The van der Waals surface area contributed by atoms with E-state index in [2.05, 4.69) is 15.3 Å². The number of rotatable bonds is 4. The summed E-state index contributed by atoms with van der Waals surface area (Å²) >= 11 is 5.91. The van der Waals surface area contributed by atoms with E-state index in [-0.39, 0.29) is 28.4 Å². The minimum Gasteiger partial charge on any atom is -0.393 e. The van der Waals surface area contributed by atoms with Gasteiger partial charge in [0.25, 0.3) is 0 Å². The normalized spacial score (nSPS) is 17.1. The number of hydrogen-bond donors (Lipinski definition) is 3. The minimum atomic E-state index is -3.45. The third-order valence-corrected chi connectivity index (χ3v) is 5.82. The van der Waals surface area contributed by atoms with Crippen LogP contribution in [-0.4, -0.2) is 41.0 Å². The molecule has 1 atom stereocenters. The molecule has 0 fully saturated rings. The van der Waals surface area contributed by atoms with Crippen molar-refractivity contribution in [3.63, 3.8) is 0 Å². The van der Waals surface area contributed by atoms with Gasteiger partial charge in [-0.25, -0.2) is 13.4 Å². The lowest BCUT2D eigenvalue weighted by molar-refractivity contribution is 0.0956. The second-order valence-electron chi connectivity index (χ2n) is 5.48. The predicted octanol–water partition coefficient (Wildman–Crippen LogP) is 1.62. The van der Waals surface area contributed by atoms with E-state index in [1.807, 2.05) is 0 Å². The molecule has 1 aliphatic heterocycles. The van der Waals surface area contributed by atoms with Crippen molar-refractivity contribution < 1.29 is 18.6 Å². The minimum absolute atomic E-state index is 0.0133. The summed E-state index contributed by atoms with van der Waals surface area (Å²) in [6.45, 7) is -0.375. The van der Waals surface area contributed by atoms with Crippen LogP contribution in [0.2, 0.25) is 5.28 Å². The molecular weight excluding hydrogens is 354 g/mol. The van der Waals surface area contributed by atoms with Crippen molar-refractivity contribution in [1.82, 2.24) is 9.97 Å². The van der Waals surface area contributed by atoms with E-state index < -0.39 is 15.9 Å². The number of aliphatic hydroxyl groups is 2. The number of halogens is 1. The highest BCUT2D eigenvalue weighted by Crippen LogP contribution is 2.32. The Hall–Kier alpha value is -1.74. The van der Waals surface area contributed by atoms with E-state index in [9.17, 15) is 13.5 Å². The van der Waals surface area contributed by atoms with Crippen LogP contribution in [0.5, 0.6) is 0 Å². The number of fused-ring (bicyclic) bond motifs is 1. The fraction of sp³-hybridized carbons (Fsp3) is 0.333. The van der Waals surface area contributed by atoms with Gasteiger partial charge in [0, 0.05) is 5.69 Å². The number of aromatic nitrogens is 2. The van der Waals surface area contributed by atoms with Gasteiger partial charge in [-0.05, 0) is 42.1 Å². The maximum Gasteiger partial charge on any atom is 0.224 e. The number of nitrogens with zero attached hydrogens (tertiary/aromatic N) is 2. The van der Waals surface area contributed by atoms with Crippen molar-refractivity contribution in [2.75, 3.05) is 17.7 Å². The van der Waals surface area contributed by atoms with Crippen molar-refractivity contribution in [2.24, 2.45) is 0 Å². The Kier molecular flexibility index (Phi) is 4.73. The molecule has 0 saturated heterocycles. The smallest absolute Gasteiger partial charge is 0.224 e. The Morgan fingerprint density at radius 1 is 1.25 bits per heavy atom. The van der Waals surface area contributed by atoms with Gasteiger partial charge in [0.05, 0.1) is 18.1 Å². The highest BCUT2D eigenvalue weighted by molar-refractivity contribution is 7.91. The summed E-state index contributed by atoms with van der Waals surface area (Å²) < 4.78 is 24.7. The third-order valence-electron chi connectivity index (χ3n) is 3.78. The zero-order chi connectivity index (χ0) is 17.3. The summed E-state index contributed by atoms with van der Waals surface area (Å²) in [6, 6.07) is 6.58. The maximum atomic E-state index is 12.4. The molecule has 7 nitrogen and oxygen atoms in total. The van der Waals surface area contributed by atoms with Crippen LogP contribution in [0.4, 0.5) is 11.5 Å². The summed E-state index contributed by atoms with van der Waals surface area (Å²) in [7, 11) is -3.45. The Balaban J connectivity index is 1.97. The van der Waals surface area contributed by atoms with Gasteiger partial charge >= 0.3 is 0 Å². The van der Waals surface area contributed by atoms with E-state index in [4.69, 9.17) is 16.7 Å². The van der Waals surface area contributed by atoms with Gasteiger partial charge in [-0.3, -0.25) is 0 Å². The average Bonchev–Trinajstić information content (AvgIpc) is 2.53. The van der Waals surface area contributed by atoms with Gasteiger partial charge in [-0.15, -0.1) is 0 Å². The van der Waals surface area contributed by atoms with Gasteiger partial charge in [-0.2, -0.15) is 4.98 Å². The van der Waals surface area contributed by atoms with Crippen LogP contribution < -0.4 is 5.32 Å². The quantitative estimate of drug-likeness (QED) is 0.702. The molecule has 9 heteroatoms. The molecule has 1 unspecified atom stereocenters. The number of hydrogen-bond acceptors (Lipinski definition) is 7. The molecule has 0 aliphatic carbocycles. The van der Waals surface area contributed by atoms with Gasteiger partial charge in [0.1, 0.15) is 11.0 Å². The standard InChI is InChI=1S/C15H16ClN3O4S/c16-15-18-11-2-1-7-24(22,23)13(11)14(19-15)17-10-5-3-9(4-6-10)12(21)8-20/h3-6,12,20-21H,1-2,7-8H2,(H,17,18,19). The lowest BCUT2D eigenvalue weighted by Gasteiger charge is -2.19. The first-order chi connectivity index (χ1) is 11.4. The zero-order valence-corrected chi connectivity index (χ0v) is 14.2. The predicted molar refractivity (Wildman–Crippen MR) is 89.2 cm³/mol. The van der Waals surface area contributed by atoms with Crippen LogP contribution in [0.15, 0.2) is 29.2 Å². The number of sulfone groups is 1.